The zero-order chi connectivity index (χ0) is 13.9. The van der Waals surface area contributed by atoms with Gasteiger partial charge in [-0.15, -0.1) is 0 Å². The van der Waals surface area contributed by atoms with Gasteiger partial charge < -0.3 is 9.05 Å². The molecule has 0 aliphatic carbocycles. The summed E-state index contributed by atoms with van der Waals surface area (Å²) in [6.07, 6.45) is 0. The summed E-state index contributed by atoms with van der Waals surface area (Å²) >= 11 is 17.3. The van der Waals surface area contributed by atoms with Gasteiger partial charge in [0.05, 0.1) is 10.0 Å². The highest BCUT2D eigenvalue weighted by Crippen LogP contribution is 2.47. The molecule has 0 aliphatic heterocycles. The van der Waals surface area contributed by atoms with Crippen molar-refractivity contribution in [3.63, 3.8) is 0 Å². The molecule has 0 bridgehead atoms. The van der Waals surface area contributed by atoms with Crippen LogP contribution in [0.2, 0.25) is 10.0 Å². The quantitative estimate of drug-likeness (QED) is 0.759. The summed E-state index contributed by atoms with van der Waals surface area (Å²) in [6.45, 7) is -2.58. The maximum absolute atomic E-state index is 5.96. The van der Waals surface area contributed by atoms with Gasteiger partial charge in [0, 0.05) is 18.5 Å². The van der Waals surface area contributed by atoms with E-state index in [-0.39, 0.29) is 0 Å². The van der Waals surface area contributed by atoms with E-state index in [1.807, 2.05) is 30.3 Å². The molecule has 0 aliphatic rings. The molecule has 1 atom stereocenters. The molecule has 0 radical (unpaired) electrons. The summed E-state index contributed by atoms with van der Waals surface area (Å²) in [5, 5.41) is 1.74. The molecule has 0 heterocycles. The van der Waals surface area contributed by atoms with Crippen LogP contribution in [-0.2, 0) is 16.3 Å². The molecule has 0 aromatic heterocycles. The van der Waals surface area contributed by atoms with Crippen molar-refractivity contribution in [2.24, 2.45) is 0 Å². The van der Waals surface area contributed by atoms with Crippen molar-refractivity contribution >= 4 is 46.8 Å². The van der Waals surface area contributed by atoms with E-state index in [1.54, 1.807) is 25.3 Å². The fourth-order valence-electron chi connectivity index (χ4n) is 1.48. The van der Waals surface area contributed by atoms with Crippen molar-refractivity contribution in [1.29, 1.82) is 0 Å². The lowest BCUT2D eigenvalue weighted by molar-refractivity contribution is 0.402. The van der Waals surface area contributed by atoms with E-state index in [0.717, 1.165) is 5.30 Å². The highest BCUT2D eigenvalue weighted by atomic mass is 35.5. The van der Waals surface area contributed by atoms with Crippen LogP contribution >= 0.6 is 29.7 Å². The molecule has 100 valence electrons. The standard InChI is InChI=1S/C13H11Cl2O2PS/c1-16-18(19,11-5-3-2-4-6-11)17-10-7-8-12(14)13(15)9-10/h2-9H,1H3. The first-order valence-corrected chi connectivity index (χ1v) is 8.80. The third kappa shape index (κ3) is 3.50. The van der Waals surface area contributed by atoms with E-state index in [4.69, 9.17) is 44.1 Å². The van der Waals surface area contributed by atoms with Crippen LogP contribution in [0.25, 0.3) is 0 Å². The predicted octanol–water partition coefficient (Wildman–Crippen LogP) is 4.65. The average Bonchev–Trinajstić information content (AvgIpc) is 2.44. The lowest BCUT2D eigenvalue weighted by Gasteiger charge is -2.21. The van der Waals surface area contributed by atoms with E-state index in [0.29, 0.717) is 15.8 Å². The minimum absolute atomic E-state index is 0.421. The molecular weight excluding hydrogens is 322 g/mol. The Labute approximate surface area is 127 Å². The second kappa shape index (κ2) is 6.25. The van der Waals surface area contributed by atoms with E-state index in [1.165, 1.54) is 0 Å². The minimum atomic E-state index is -2.58. The van der Waals surface area contributed by atoms with Crippen LogP contribution in [0, 0.1) is 0 Å². The van der Waals surface area contributed by atoms with E-state index >= 15 is 0 Å². The first kappa shape index (κ1) is 14.8. The molecule has 0 saturated carbocycles. The van der Waals surface area contributed by atoms with Gasteiger partial charge >= 0.3 is 0 Å². The fraction of sp³-hybridized carbons (Fsp3) is 0.0769. The minimum Gasteiger partial charge on any atom is -0.440 e. The Morgan fingerprint density at radius 3 is 2.26 bits per heavy atom. The Morgan fingerprint density at radius 2 is 1.68 bits per heavy atom. The van der Waals surface area contributed by atoms with Crippen molar-refractivity contribution in [3.05, 3.63) is 58.6 Å². The first-order chi connectivity index (χ1) is 9.05. The van der Waals surface area contributed by atoms with Crippen LogP contribution < -0.4 is 9.83 Å². The van der Waals surface area contributed by atoms with Crippen LogP contribution in [0.3, 0.4) is 0 Å². The second-order valence-electron chi connectivity index (χ2n) is 3.68. The smallest absolute Gasteiger partial charge is 0.268 e. The molecule has 6 heteroatoms. The fourth-order valence-corrected chi connectivity index (χ4v) is 3.71. The lowest BCUT2D eigenvalue weighted by Crippen LogP contribution is -2.10. The topological polar surface area (TPSA) is 18.5 Å². The second-order valence-corrected chi connectivity index (χ2v) is 8.00. The molecule has 0 spiro atoms. The van der Waals surface area contributed by atoms with Gasteiger partial charge in [-0.3, -0.25) is 0 Å². The van der Waals surface area contributed by atoms with Gasteiger partial charge in [-0.1, -0.05) is 41.4 Å². The van der Waals surface area contributed by atoms with Crippen molar-refractivity contribution in [2.75, 3.05) is 7.11 Å². The van der Waals surface area contributed by atoms with Gasteiger partial charge in [0.25, 0.3) is 6.49 Å². The number of rotatable bonds is 4. The third-order valence-electron chi connectivity index (χ3n) is 2.43. The monoisotopic (exact) mass is 332 g/mol. The molecule has 0 saturated heterocycles. The largest absolute Gasteiger partial charge is 0.440 e. The molecule has 2 aromatic carbocycles. The van der Waals surface area contributed by atoms with Gasteiger partial charge in [0.1, 0.15) is 5.75 Å². The maximum Gasteiger partial charge on any atom is 0.268 e. The highest BCUT2D eigenvalue weighted by Gasteiger charge is 2.22. The van der Waals surface area contributed by atoms with Gasteiger partial charge in [0.2, 0.25) is 0 Å². The van der Waals surface area contributed by atoms with Crippen LogP contribution in [-0.4, -0.2) is 7.11 Å². The van der Waals surface area contributed by atoms with Crippen LogP contribution in [0.1, 0.15) is 0 Å². The average molecular weight is 333 g/mol. The molecule has 1 unspecified atom stereocenters. The van der Waals surface area contributed by atoms with E-state index in [9.17, 15) is 0 Å². The van der Waals surface area contributed by atoms with Gasteiger partial charge in [-0.25, -0.2) is 0 Å². The zero-order valence-corrected chi connectivity index (χ0v) is 13.3. The van der Waals surface area contributed by atoms with Crippen molar-refractivity contribution in [2.45, 2.75) is 0 Å². The third-order valence-corrected chi connectivity index (χ3v) is 6.33. The Bertz CT molecular complexity index is 619. The number of benzene rings is 2. The molecule has 2 aromatic rings. The van der Waals surface area contributed by atoms with Crippen molar-refractivity contribution in [3.8, 4) is 5.75 Å². The summed E-state index contributed by atoms with van der Waals surface area (Å²) in [4.78, 5) is 0. The molecule has 0 fully saturated rings. The predicted molar refractivity (Wildman–Crippen MR) is 84.5 cm³/mol. The lowest BCUT2D eigenvalue weighted by atomic mass is 10.3. The normalized spacial score (nSPS) is 13.8. The van der Waals surface area contributed by atoms with Crippen LogP contribution in [0.5, 0.6) is 5.75 Å². The van der Waals surface area contributed by atoms with Gasteiger partial charge in [0.15, 0.2) is 0 Å². The molecule has 0 N–H and O–H groups in total. The Morgan fingerprint density at radius 1 is 1.00 bits per heavy atom. The maximum atomic E-state index is 5.96. The molecule has 19 heavy (non-hydrogen) atoms. The van der Waals surface area contributed by atoms with Crippen molar-refractivity contribution in [1.82, 2.24) is 0 Å². The molecule has 2 nitrogen and oxygen atoms in total. The zero-order valence-electron chi connectivity index (χ0n) is 10.0. The van der Waals surface area contributed by atoms with Gasteiger partial charge in [-0.05, 0) is 36.1 Å². The summed E-state index contributed by atoms with van der Waals surface area (Å²) in [6, 6.07) is 14.5. The Hall–Kier alpha value is -0.570. The number of hydrogen-bond acceptors (Lipinski definition) is 3. The first-order valence-electron chi connectivity index (χ1n) is 5.41. The number of hydrogen-bond donors (Lipinski definition) is 0. The van der Waals surface area contributed by atoms with E-state index in [2.05, 4.69) is 0 Å². The van der Waals surface area contributed by atoms with Gasteiger partial charge in [-0.2, -0.15) is 0 Å². The van der Waals surface area contributed by atoms with E-state index < -0.39 is 6.49 Å². The molecule has 2 rings (SSSR count). The summed E-state index contributed by atoms with van der Waals surface area (Å²) in [5.41, 5.74) is 0. The summed E-state index contributed by atoms with van der Waals surface area (Å²) in [7, 11) is 1.55. The summed E-state index contributed by atoms with van der Waals surface area (Å²) in [5.74, 6) is 0.545. The number of halogens is 2. The summed E-state index contributed by atoms with van der Waals surface area (Å²) < 4.78 is 11.3. The van der Waals surface area contributed by atoms with Crippen molar-refractivity contribution < 1.29 is 9.05 Å². The SMILES string of the molecule is COP(=S)(Oc1ccc(Cl)c(Cl)c1)c1ccccc1. The van der Waals surface area contributed by atoms with Crippen LogP contribution in [0.15, 0.2) is 48.5 Å². The molecule has 0 amide bonds. The highest BCUT2D eigenvalue weighted by molar-refractivity contribution is 8.13. The molecular formula is C13H11Cl2O2PS. The Balaban J connectivity index is 2.33. The Kier molecular flexibility index (Phi) is 4.88. The van der Waals surface area contributed by atoms with Crippen LogP contribution in [0.4, 0.5) is 0 Å².